The molecule has 0 spiro atoms. The molecule has 1 heterocycles. The van der Waals surface area contributed by atoms with Gasteiger partial charge in [0.1, 0.15) is 11.4 Å². The largest absolute Gasteiger partial charge is 0.433 e. The van der Waals surface area contributed by atoms with Gasteiger partial charge < -0.3 is 5.73 Å². The zero-order chi connectivity index (χ0) is 16.3. The normalized spacial score (nSPS) is 14.2. The van der Waals surface area contributed by atoms with Gasteiger partial charge in [0, 0.05) is 6.21 Å². The van der Waals surface area contributed by atoms with Crippen LogP contribution in [0.2, 0.25) is 0 Å². The Labute approximate surface area is 114 Å². The van der Waals surface area contributed by atoms with Crippen molar-refractivity contribution >= 4 is 18.2 Å². The van der Waals surface area contributed by atoms with Gasteiger partial charge in [0.25, 0.3) is 0 Å². The number of carbonyl (C=O) groups is 1. The van der Waals surface area contributed by atoms with Crippen molar-refractivity contribution in [3.05, 3.63) is 35.3 Å². The zero-order valence-electron chi connectivity index (χ0n) is 10.0. The summed E-state index contributed by atoms with van der Waals surface area (Å²) in [6.45, 7) is 0. The molecule has 0 saturated carbocycles. The first-order valence-corrected chi connectivity index (χ1v) is 5.15. The molecule has 0 aliphatic heterocycles. The third-order valence-corrected chi connectivity index (χ3v) is 2.13. The van der Waals surface area contributed by atoms with Crippen LogP contribution in [-0.4, -0.2) is 23.7 Å². The molecule has 4 nitrogen and oxygen atoms in total. The fourth-order valence-electron chi connectivity index (χ4n) is 1.10. The number of aromatic nitrogens is 1. The van der Waals surface area contributed by atoms with E-state index in [1.807, 2.05) is 0 Å². The van der Waals surface area contributed by atoms with Crippen molar-refractivity contribution < 1.29 is 31.1 Å². The van der Waals surface area contributed by atoms with Crippen LogP contribution in [0.4, 0.5) is 32.0 Å². The summed E-state index contributed by atoms with van der Waals surface area (Å²) in [5, 5.41) is 0. The van der Waals surface area contributed by atoms with Crippen molar-refractivity contribution in [1.29, 1.82) is 0 Å². The molecular weight excluding hydrogens is 304 g/mol. The van der Waals surface area contributed by atoms with Crippen molar-refractivity contribution in [1.82, 2.24) is 4.98 Å². The molecule has 0 amide bonds. The van der Waals surface area contributed by atoms with Crippen LogP contribution in [0.3, 0.4) is 0 Å². The topological polar surface area (TPSA) is 68.3 Å². The number of hydrogen-bond acceptors (Lipinski definition) is 4. The van der Waals surface area contributed by atoms with E-state index in [4.69, 9.17) is 5.73 Å². The Hall–Kier alpha value is -2.39. The van der Waals surface area contributed by atoms with Crippen LogP contribution in [0, 0.1) is 0 Å². The number of halogens is 6. The summed E-state index contributed by atoms with van der Waals surface area (Å²) in [4.78, 5) is 17.0. The highest BCUT2D eigenvalue weighted by Crippen LogP contribution is 2.28. The van der Waals surface area contributed by atoms with Gasteiger partial charge in [0.15, 0.2) is 6.29 Å². The predicted octanol–water partition coefficient (Wildman–Crippen LogP) is 2.78. The molecule has 114 valence electrons. The number of carbonyl (C=O) groups excluding carboxylic acids is 1. The first kappa shape index (κ1) is 16.7. The van der Waals surface area contributed by atoms with Gasteiger partial charge in [0.2, 0.25) is 0 Å². The summed E-state index contributed by atoms with van der Waals surface area (Å²) < 4.78 is 73.5. The minimum atomic E-state index is -4.92. The summed E-state index contributed by atoms with van der Waals surface area (Å²) in [5.41, 5.74) is 0.777. The van der Waals surface area contributed by atoms with Crippen LogP contribution in [0.1, 0.15) is 5.69 Å². The molecule has 10 heteroatoms. The number of aldehydes is 1. The van der Waals surface area contributed by atoms with E-state index in [1.165, 1.54) is 0 Å². The molecule has 0 radical (unpaired) electrons. The molecule has 0 aromatic carbocycles. The van der Waals surface area contributed by atoms with Crippen molar-refractivity contribution in [3.8, 4) is 0 Å². The fourth-order valence-corrected chi connectivity index (χ4v) is 1.10. The first-order valence-electron chi connectivity index (χ1n) is 5.15. The lowest BCUT2D eigenvalue weighted by molar-refractivity contribution is -0.141. The molecule has 0 aliphatic carbocycles. The fraction of sp³-hybridized carbons (Fsp3) is 0.182. The maximum absolute atomic E-state index is 12.3. The highest BCUT2D eigenvalue weighted by atomic mass is 19.4. The van der Waals surface area contributed by atoms with Crippen molar-refractivity contribution in [3.63, 3.8) is 0 Å². The molecule has 21 heavy (non-hydrogen) atoms. The second kappa shape index (κ2) is 5.94. The average molecular weight is 311 g/mol. The SMILES string of the molecule is NC(=C(C=O)C=Nc1ccc(C(F)(F)F)nc1)C(F)(F)F. The van der Waals surface area contributed by atoms with E-state index >= 15 is 0 Å². The van der Waals surface area contributed by atoms with Gasteiger partial charge >= 0.3 is 12.4 Å². The lowest BCUT2D eigenvalue weighted by Crippen LogP contribution is -2.22. The molecule has 0 fully saturated rings. The van der Waals surface area contributed by atoms with E-state index in [2.05, 4.69) is 9.98 Å². The van der Waals surface area contributed by atoms with Gasteiger partial charge in [-0.2, -0.15) is 26.3 Å². The summed E-state index contributed by atoms with van der Waals surface area (Å²) in [7, 11) is 0. The van der Waals surface area contributed by atoms with E-state index in [0.29, 0.717) is 18.5 Å². The number of pyridine rings is 1. The Morgan fingerprint density at radius 3 is 2.19 bits per heavy atom. The summed E-state index contributed by atoms with van der Waals surface area (Å²) in [5.74, 6) is 0. The first-order chi connectivity index (χ1) is 9.55. The van der Waals surface area contributed by atoms with Gasteiger partial charge in [-0.15, -0.1) is 0 Å². The Balaban J connectivity index is 3.02. The number of nitrogens with two attached hydrogens (primary N) is 1. The monoisotopic (exact) mass is 311 g/mol. The second-order valence-electron chi connectivity index (χ2n) is 3.64. The predicted molar refractivity (Wildman–Crippen MR) is 60.7 cm³/mol. The molecule has 0 atom stereocenters. The van der Waals surface area contributed by atoms with E-state index in [-0.39, 0.29) is 12.0 Å². The molecular formula is C11H7F6N3O. The van der Waals surface area contributed by atoms with Gasteiger partial charge in [-0.1, -0.05) is 0 Å². The van der Waals surface area contributed by atoms with Crippen molar-refractivity contribution in [2.75, 3.05) is 0 Å². The Bertz CT molecular complexity index is 571. The number of allylic oxidation sites excluding steroid dienone is 2. The maximum Gasteiger partial charge on any atom is 0.433 e. The highest BCUT2D eigenvalue weighted by molar-refractivity contribution is 6.03. The van der Waals surface area contributed by atoms with Crippen LogP contribution in [0.15, 0.2) is 34.6 Å². The van der Waals surface area contributed by atoms with E-state index < -0.39 is 29.3 Å². The quantitative estimate of drug-likeness (QED) is 0.404. The summed E-state index contributed by atoms with van der Waals surface area (Å²) >= 11 is 0. The van der Waals surface area contributed by atoms with Crippen LogP contribution >= 0.6 is 0 Å². The highest BCUT2D eigenvalue weighted by Gasteiger charge is 2.34. The standard InChI is InChI=1S/C11H7F6N3O/c12-10(13,14)8-2-1-7(4-20-8)19-3-6(5-21)9(18)11(15,16)17/h1-5H,18H2. The Morgan fingerprint density at radius 2 is 1.81 bits per heavy atom. The molecule has 1 aromatic heterocycles. The molecule has 0 unspecified atom stereocenters. The van der Waals surface area contributed by atoms with E-state index in [0.717, 1.165) is 6.07 Å². The average Bonchev–Trinajstić information content (AvgIpc) is 2.37. The van der Waals surface area contributed by atoms with Crippen LogP contribution < -0.4 is 5.73 Å². The number of hydrogen-bond donors (Lipinski definition) is 1. The van der Waals surface area contributed by atoms with E-state index in [9.17, 15) is 31.1 Å². The number of alkyl halides is 6. The van der Waals surface area contributed by atoms with Gasteiger partial charge in [-0.05, 0) is 12.1 Å². The smallest absolute Gasteiger partial charge is 0.394 e. The van der Waals surface area contributed by atoms with Gasteiger partial charge in [-0.25, -0.2) is 4.98 Å². The summed E-state index contributed by atoms with van der Waals surface area (Å²) in [6.07, 6.45) is -8.52. The van der Waals surface area contributed by atoms with Gasteiger partial charge in [0.05, 0.1) is 17.5 Å². The molecule has 0 bridgehead atoms. The minimum absolute atomic E-state index is 0.163. The second-order valence-corrected chi connectivity index (χ2v) is 3.64. The van der Waals surface area contributed by atoms with Crippen molar-refractivity contribution in [2.24, 2.45) is 10.7 Å². The number of aliphatic imine (C=N–C) groups is 1. The van der Waals surface area contributed by atoms with Gasteiger partial charge in [-0.3, -0.25) is 9.79 Å². The third kappa shape index (κ3) is 4.58. The number of nitrogens with zero attached hydrogens (tertiary/aromatic N) is 2. The number of rotatable bonds is 3. The van der Waals surface area contributed by atoms with Crippen LogP contribution in [0.5, 0.6) is 0 Å². The Morgan fingerprint density at radius 1 is 1.19 bits per heavy atom. The lowest BCUT2D eigenvalue weighted by atomic mass is 10.2. The van der Waals surface area contributed by atoms with E-state index in [1.54, 1.807) is 0 Å². The Kier molecular flexibility index (Phi) is 4.71. The molecule has 0 saturated heterocycles. The third-order valence-electron chi connectivity index (χ3n) is 2.13. The molecule has 0 aliphatic rings. The molecule has 1 rings (SSSR count). The lowest BCUT2D eigenvalue weighted by Gasteiger charge is -2.07. The van der Waals surface area contributed by atoms with Crippen molar-refractivity contribution in [2.45, 2.75) is 12.4 Å². The molecule has 1 aromatic rings. The maximum atomic E-state index is 12.3. The summed E-state index contributed by atoms with van der Waals surface area (Å²) in [6, 6.07) is 1.49. The van der Waals surface area contributed by atoms with Crippen LogP contribution in [0.25, 0.3) is 0 Å². The minimum Gasteiger partial charge on any atom is -0.394 e. The zero-order valence-corrected chi connectivity index (χ0v) is 10.0. The molecule has 2 N–H and O–H groups in total. The van der Waals surface area contributed by atoms with Crippen LogP contribution in [-0.2, 0) is 11.0 Å².